The van der Waals surface area contributed by atoms with Gasteiger partial charge in [-0.05, 0) is 28.8 Å². The summed E-state index contributed by atoms with van der Waals surface area (Å²) in [5.74, 6) is 0.252. The van der Waals surface area contributed by atoms with Gasteiger partial charge in [0, 0.05) is 6.08 Å². The second kappa shape index (κ2) is 8.67. The lowest BCUT2D eigenvalue weighted by molar-refractivity contribution is -0.140. The number of carbonyl (C=O) groups excluding carboxylic acids is 1. The minimum atomic E-state index is -0.464. The molecular formula is C23H20O3. The van der Waals surface area contributed by atoms with Gasteiger partial charge in [-0.15, -0.1) is 0 Å². The fourth-order valence-electron chi connectivity index (χ4n) is 2.60. The Morgan fingerprint density at radius 3 is 2.04 bits per heavy atom. The fourth-order valence-corrected chi connectivity index (χ4v) is 2.60. The first-order valence-corrected chi connectivity index (χ1v) is 8.42. The Bertz CT molecular complexity index is 840. The van der Waals surface area contributed by atoms with Crippen molar-refractivity contribution in [1.29, 1.82) is 0 Å². The molecule has 0 bridgehead atoms. The third-order valence-corrected chi connectivity index (χ3v) is 3.95. The Morgan fingerprint density at radius 1 is 0.846 bits per heavy atom. The highest BCUT2D eigenvalue weighted by atomic mass is 16.6. The summed E-state index contributed by atoms with van der Waals surface area (Å²) in [5, 5.41) is 0. The van der Waals surface area contributed by atoms with Gasteiger partial charge in [-0.3, -0.25) is 0 Å². The molecule has 0 radical (unpaired) electrons. The van der Waals surface area contributed by atoms with Gasteiger partial charge in [0.25, 0.3) is 0 Å². The van der Waals surface area contributed by atoms with Crippen molar-refractivity contribution in [3.8, 4) is 16.9 Å². The summed E-state index contributed by atoms with van der Waals surface area (Å²) in [6, 6.07) is 27.7. The lowest BCUT2D eigenvalue weighted by Crippen LogP contribution is -2.16. The van der Waals surface area contributed by atoms with E-state index in [0.717, 1.165) is 22.8 Å². The van der Waals surface area contributed by atoms with Crippen LogP contribution in [-0.2, 0) is 9.53 Å². The maximum atomic E-state index is 11.4. The van der Waals surface area contributed by atoms with Crippen LogP contribution in [0.25, 0.3) is 11.1 Å². The van der Waals surface area contributed by atoms with Gasteiger partial charge in [0.2, 0.25) is 0 Å². The normalized spacial score (nSPS) is 11.4. The van der Waals surface area contributed by atoms with E-state index >= 15 is 0 Å². The number of hydrogen-bond acceptors (Lipinski definition) is 3. The van der Waals surface area contributed by atoms with Crippen molar-refractivity contribution in [3.05, 3.63) is 103 Å². The molecule has 1 unspecified atom stereocenters. The Balaban J connectivity index is 1.75. The monoisotopic (exact) mass is 344 g/mol. The molecule has 0 N–H and O–H groups in total. The summed E-state index contributed by atoms with van der Waals surface area (Å²) >= 11 is 0. The van der Waals surface area contributed by atoms with E-state index < -0.39 is 5.97 Å². The molecular weight excluding hydrogens is 324 g/mol. The van der Waals surface area contributed by atoms with Crippen LogP contribution >= 0.6 is 0 Å². The zero-order valence-corrected chi connectivity index (χ0v) is 14.4. The summed E-state index contributed by atoms with van der Waals surface area (Å²) in [6.45, 7) is 3.54. The molecule has 3 nitrogen and oxygen atoms in total. The van der Waals surface area contributed by atoms with Crippen LogP contribution in [0.15, 0.2) is 97.6 Å². The minimum absolute atomic E-state index is 0.120. The Kier molecular flexibility index (Phi) is 5.84. The predicted octanol–water partition coefficient (Wildman–Crippen LogP) is 5.20. The molecule has 26 heavy (non-hydrogen) atoms. The van der Waals surface area contributed by atoms with Gasteiger partial charge < -0.3 is 9.47 Å². The summed E-state index contributed by atoms with van der Waals surface area (Å²) in [4.78, 5) is 11.4. The summed E-state index contributed by atoms with van der Waals surface area (Å²) in [6.07, 6.45) is 0.763. The molecule has 3 heteroatoms. The van der Waals surface area contributed by atoms with Crippen LogP contribution in [0.1, 0.15) is 11.7 Å². The molecule has 0 aliphatic heterocycles. The third kappa shape index (κ3) is 4.61. The van der Waals surface area contributed by atoms with Gasteiger partial charge in [0.15, 0.2) is 6.10 Å². The number of carbonyl (C=O) groups is 1. The van der Waals surface area contributed by atoms with Crippen molar-refractivity contribution in [1.82, 2.24) is 0 Å². The van der Waals surface area contributed by atoms with Gasteiger partial charge in [0.1, 0.15) is 12.4 Å². The topological polar surface area (TPSA) is 35.5 Å². The largest absolute Gasteiger partial charge is 0.482 e. The Hall–Kier alpha value is -3.33. The lowest BCUT2D eigenvalue weighted by Gasteiger charge is -2.19. The fraction of sp³-hybridized carbons (Fsp3) is 0.0870. The van der Waals surface area contributed by atoms with Crippen LogP contribution in [0.3, 0.4) is 0 Å². The number of esters is 1. The Morgan fingerprint density at radius 2 is 1.42 bits per heavy atom. The van der Waals surface area contributed by atoms with Crippen molar-refractivity contribution >= 4 is 5.97 Å². The van der Waals surface area contributed by atoms with Crippen LogP contribution in [0.5, 0.6) is 5.75 Å². The Labute approximate surface area is 153 Å². The first kappa shape index (κ1) is 17.5. The molecule has 0 fully saturated rings. The SMILES string of the molecule is C=CC(=O)OCC(Oc1ccc(-c2ccccc2)cc1)c1ccccc1. The van der Waals surface area contributed by atoms with Gasteiger partial charge in [0.05, 0.1) is 0 Å². The van der Waals surface area contributed by atoms with Gasteiger partial charge in [-0.1, -0.05) is 79.4 Å². The zero-order valence-electron chi connectivity index (χ0n) is 14.4. The van der Waals surface area contributed by atoms with Crippen molar-refractivity contribution in [3.63, 3.8) is 0 Å². The molecule has 0 amide bonds. The van der Waals surface area contributed by atoms with Crippen LogP contribution in [0.4, 0.5) is 0 Å². The highest BCUT2D eigenvalue weighted by molar-refractivity contribution is 5.81. The van der Waals surface area contributed by atoms with E-state index in [1.165, 1.54) is 0 Å². The van der Waals surface area contributed by atoms with E-state index in [2.05, 4.69) is 18.7 Å². The molecule has 3 aromatic carbocycles. The first-order valence-electron chi connectivity index (χ1n) is 8.42. The first-order chi connectivity index (χ1) is 12.8. The van der Waals surface area contributed by atoms with Crippen LogP contribution < -0.4 is 4.74 Å². The average Bonchev–Trinajstić information content (AvgIpc) is 2.72. The smallest absolute Gasteiger partial charge is 0.330 e. The molecule has 0 saturated carbocycles. The number of hydrogen-bond donors (Lipinski definition) is 0. The molecule has 0 aliphatic carbocycles. The van der Waals surface area contributed by atoms with Gasteiger partial charge in [-0.25, -0.2) is 4.79 Å². The van der Waals surface area contributed by atoms with Crippen molar-refractivity contribution in [2.45, 2.75) is 6.10 Å². The zero-order chi connectivity index (χ0) is 18.2. The predicted molar refractivity (Wildman–Crippen MR) is 103 cm³/mol. The average molecular weight is 344 g/mol. The van der Waals surface area contributed by atoms with E-state index in [1.54, 1.807) is 0 Å². The molecule has 3 rings (SSSR count). The molecule has 0 aromatic heterocycles. The third-order valence-electron chi connectivity index (χ3n) is 3.95. The molecule has 0 aliphatic rings. The number of rotatable bonds is 7. The standard InChI is InChI=1S/C23H20O3/c1-2-23(24)25-17-22(20-11-7-4-8-12-20)26-21-15-13-19(14-16-21)18-9-5-3-6-10-18/h2-16,22H,1,17H2. The minimum Gasteiger partial charge on any atom is -0.482 e. The maximum absolute atomic E-state index is 11.4. The summed E-state index contributed by atoms with van der Waals surface area (Å²) in [5.41, 5.74) is 3.21. The van der Waals surface area contributed by atoms with Crippen molar-refractivity contribution in [2.75, 3.05) is 6.61 Å². The highest BCUT2D eigenvalue weighted by Gasteiger charge is 2.15. The van der Waals surface area contributed by atoms with E-state index in [0.29, 0.717) is 5.75 Å². The molecule has 0 saturated heterocycles. The van der Waals surface area contributed by atoms with E-state index in [-0.39, 0.29) is 12.7 Å². The lowest BCUT2D eigenvalue weighted by atomic mass is 10.1. The van der Waals surface area contributed by atoms with E-state index in [1.807, 2.05) is 72.8 Å². The second-order valence-corrected chi connectivity index (χ2v) is 5.74. The molecule has 130 valence electrons. The van der Waals surface area contributed by atoms with Crippen molar-refractivity contribution < 1.29 is 14.3 Å². The van der Waals surface area contributed by atoms with Crippen LogP contribution in [0.2, 0.25) is 0 Å². The molecule has 0 spiro atoms. The summed E-state index contributed by atoms with van der Waals surface area (Å²) < 4.78 is 11.3. The molecule has 3 aromatic rings. The molecule has 1 atom stereocenters. The summed E-state index contributed by atoms with van der Waals surface area (Å²) in [7, 11) is 0. The van der Waals surface area contributed by atoms with Crippen molar-refractivity contribution in [2.24, 2.45) is 0 Å². The maximum Gasteiger partial charge on any atom is 0.330 e. The van der Waals surface area contributed by atoms with Gasteiger partial charge >= 0.3 is 5.97 Å². The van der Waals surface area contributed by atoms with E-state index in [9.17, 15) is 4.79 Å². The van der Waals surface area contributed by atoms with Gasteiger partial charge in [-0.2, -0.15) is 0 Å². The van der Waals surface area contributed by atoms with Crippen LogP contribution in [-0.4, -0.2) is 12.6 Å². The van der Waals surface area contributed by atoms with Crippen LogP contribution in [0, 0.1) is 0 Å². The quantitative estimate of drug-likeness (QED) is 0.436. The highest BCUT2D eigenvalue weighted by Crippen LogP contribution is 2.26. The molecule has 0 heterocycles. The number of ether oxygens (including phenoxy) is 2. The van der Waals surface area contributed by atoms with E-state index in [4.69, 9.17) is 9.47 Å². The number of benzene rings is 3. The second-order valence-electron chi connectivity index (χ2n) is 5.74.